The van der Waals surface area contributed by atoms with Gasteiger partial charge in [-0.15, -0.1) is 0 Å². The lowest BCUT2D eigenvalue weighted by molar-refractivity contribution is -0.120. The van der Waals surface area contributed by atoms with Crippen LogP contribution in [0.25, 0.3) is 11.5 Å². The fourth-order valence-corrected chi connectivity index (χ4v) is 2.21. The lowest BCUT2D eigenvalue weighted by Crippen LogP contribution is -2.36. The highest BCUT2D eigenvalue weighted by Crippen LogP contribution is 2.19. The lowest BCUT2D eigenvalue weighted by atomic mass is 10.2. The van der Waals surface area contributed by atoms with Crippen molar-refractivity contribution in [2.75, 3.05) is 6.54 Å². The molecule has 3 aromatic rings. The van der Waals surface area contributed by atoms with E-state index >= 15 is 0 Å². The third-order valence-corrected chi connectivity index (χ3v) is 3.43. The van der Waals surface area contributed by atoms with E-state index in [0.717, 1.165) is 0 Å². The second-order valence-electron chi connectivity index (χ2n) is 5.15. The van der Waals surface area contributed by atoms with Gasteiger partial charge in [-0.05, 0) is 24.3 Å². The molecule has 2 N–H and O–H groups in total. The third kappa shape index (κ3) is 4.29. The van der Waals surface area contributed by atoms with E-state index in [4.69, 9.17) is 4.42 Å². The minimum Gasteiger partial charge on any atom is -0.463 e. The number of rotatable bonds is 6. The molecule has 25 heavy (non-hydrogen) atoms. The Balaban J connectivity index is 1.54. The zero-order valence-electron chi connectivity index (χ0n) is 13.3. The van der Waals surface area contributed by atoms with Crippen LogP contribution in [0.4, 0.5) is 0 Å². The highest BCUT2D eigenvalue weighted by atomic mass is 16.3. The van der Waals surface area contributed by atoms with E-state index in [1.165, 1.54) is 0 Å². The Kier molecular flexibility index (Phi) is 5.16. The van der Waals surface area contributed by atoms with Crippen LogP contribution >= 0.6 is 0 Å². The average Bonchev–Trinajstić information content (AvgIpc) is 3.20. The minimum atomic E-state index is -0.319. The van der Waals surface area contributed by atoms with Gasteiger partial charge in [-0.2, -0.15) is 0 Å². The van der Waals surface area contributed by atoms with Gasteiger partial charge in [0.2, 0.25) is 5.91 Å². The largest absolute Gasteiger partial charge is 0.463 e. The molecule has 1 aromatic carbocycles. The molecule has 0 fully saturated rings. The topological polar surface area (TPSA) is 97.1 Å². The Morgan fingerprint density at radius 2 is 1.76 bits per heavy atom. The van der Waals surface area contributed by atoms with Crippen LogP contribution in [0.3, 0.4) is 0 Å². The van der Waals surface area contributed by atoms with Crippen molar-refractivity contribution < 1.29 is 14.0 Å². The summed E-state index contributed by atoms with van der Waals surface area (Å²) >= 11 is 0. The van der Waals surface area contributed by atoms with E-state index in [9.17, 15) is 9.59 Å². The fraction of sp³-hybridized carbons (Fsp3) is 0.111. The zero-order chi connectivity index (χ0) is 17.5. The number of furan rings is 1. The molecule has 0 radical (unpaired) electrons. The number of carbonyl (C=O) groups is 2. The molecule has 2 aromatic heterocycles. The van der Waals surface area contributed by atoms with Gasteiger partial charge in [-0.3, -0.25) is 14.6 Å². The molecular formula is C18H16N4O3. The molecule has 0 bridgehead atoms. The molecule has 0 spiro atoms. The smallest absolute Gasteiger partial charge is 0.251 e. The maximum atomic E-state index is 12.0. The Morgan fingerprint density at radius 1 is 0.960 bits per heavy atom. The first-order chi connectivity index (χ1) is 12.2. The molecule has 0 aliphatic carbocycles. The number of nitrogens with zero attached hydrogens (tertiary/aromatic N) is 2. The van der Waals surface area contributed by atoms with Gasteiger partial charge in [0, 0.05) is 18.0 Å². The summed E-state index contributed by atoms with van der Waals surface area (Å²) in [7, 11) is 0. The molecular weight excluding hydrogens is 320 g/mol. The summed E-state index contributed by atoms with van der Waals surface area (Å²) in [6.07, 6.45) is 4.65. The van der Waals surface area contributed by atoms with Gasteiger partial charge in [-0.1, -0.05) is 18.2 Å². The quantitative estimate of drug-likeness (QED) is 0.715. The monoisotopic (exact) mass is 336 g/mol. The highest BCUT2D eigenvalue weighted by molar-refractivity contribution is 5.96. The summed E-state index contributed by atoms with van der Waals surface area (Å²) in [5.74, 6) is -0.0402. The van der Waals surface area contributed by atoms with Crippen molar-refractivity contribution in [3.63, 3.8) is 0 Å². The normalized spacial score (nSPS) is 10.2. The molecule has 0 saturated carbocycles. The molecule has 0 saturated heterocycles. The summed E-state index contributed by atoms with van der Waals surface area (Å²) in [4.78, 5) is 32.3. The van der Waals surface area contributed by atoms with Gasteiger partial charge < -0.3 is 15.1 Å². The Hall–Kier alpha value is -3.48. The summed E-state index contributed by atoms with van der Waals surface area (Å²) in [6, 6.07) is 12.2. The lowest BCUT2D eigenvalue weighted by Gasteiger charge is -2.08. The average molecular weight is 336 g/mol. The molecule has 7 nitrogen and oxygen atoms in total. The van der Waals surface area contributed by atoms with Gasteiger partial charge in [0.25, 0.3) is 5.91 Å². The first-order valence-corrected chi connectivity index (χ1v) is 7.68. The van der Waals surface area contributed by atoms with Crippen molar-refractivity contribution >= 4 is 11.8 Å². The van der Waals surface area contributed by atoms with Crippen LogP contribution in [0.1, 0.15) is 16.1 Å². The van der Waals surface area contributed by atoms with Gasteiger partial charge in [-0.25, -0.2) is 4.98 Å². The molecule has 7 heteroatoms. The molecule has 2 amide bonds. The number of carbonyl (C=O) groups excluding carboxylic acids is 2. The summed E-state index contributed by atoms with van der Waals surface area (Å²) in [5.41, 5.74) is 1.66. The van der Waals surface area contributed by atoms with Crippen LogP contribution in [0.15, 0.2) is 65.5 Å². The second kappa shape index (κ2) is 7.87. The maximum absolute atomic E-state index is 12.0. The number of aromatic nitrogens is 2. The molecule has 0 unspecified atom stereocenters. The summed E-state index contributed by atoms with van der Waals surface area (Å²) in [5, 5.41) is 5.28. The van der Waals surface area contributed by atoms with Crippen LogP contribution in [-0.4, -0.2) is 28.3 Å². The van der Waals surface area contributed by atoms with E-state index in [2.05, 4.69) is 20.6 Å². The number of hydrogen-bond donors (Lipinski definition) is 2. The number of nitrogens with one attached hydrogen (secondary N) is 2. The van der Waals surface area contributed by atoms with Crippen LogP contribution in [0.2, 0.25) is 0 Å². The standard InChI is InChI=1S/C18H16N4O3/c23-16(12-22-18(24)13-5-2-1-3-6-13)21-11-14-17(20-9-8-19-14)15-7-4-10-25-15/h1-10H,11-12H2,(H,21,23)(H,22,24). The molecule has 126 valence electrons. The van der Waals surface area contributed by atoms with E-state index < -0.39 is 0 Å². The predicted molar refractivity (Wildman–Crippen MR) is 90.4 cm³/mol. The Labute approximate surface area is 144 Å². The first-order valence-electron chi connectivity index (χ1n) is 7.68. The second-order valence-corrected chi connectivity index (χ2v) is 5.15. The summed E-state index contributed by atoms with van der Waals surface area (Å²) in [6.45, 7) is 0.0635. The molecule has 0 atom stereocenters. The van der Waals surface area contributed by atoms with Crippen LogP contribution < -0.4 is 10.6 Å². The molecule has 0 aliphatic heterocycles. The van der Waals surface area contributed by atoms with Gasteiger partial charge in [0.15, 0.2) is 5.76 Å². The predicted octanol–water partition coefficient (Wildman–Crippen LogP) is 1.78. The van der Waals surface area contributed by atoms with Crippen LogP contribution in [-0.2, 0) is 11.3 Å². The number of amides is 2. The molecule has 2 heterocycles. The number of benzene rings is 1. The van der Waals surface area contributed by atoms with E-state index in [1.807, 2.05) is 6.07 Å². The molecule has 0 aliphatic rings. The fourth-order valence-electron chi connectivity index (χ4n) is 2.21. The maximum Gasteiger partial charge on any atom is 0.251 e. The van der Waals surface area contributed by atoms with Crippen molar-refractivity contribution in [3.05, 3.63) is 72.4 Å². The Morgan fingerprint density at radius 3 is 2.52 bits per heavy atom. The molecule has 3 rings (SSSR count). The van der Waals surface area contributed by atoms with Crippen LogP contribution in [0, 0.1) is 0 Å². The van der Waals surface area contributed by atoms with Crippen molar-refractivity contribution in [1.82, 2.24) is 20.6 Å². The zero-order valence-corrected chi connectivity index (χ0v) is 13.3. The van der Waals surface area contributed by atoms with Crippen molar-refractivity contribution in [2.45, 2.75) is 6.54 Å². The van der Waals surface area contributed by atoms with Gasteiger partial charge >= 0.3 is 0 Å². The SMILES string of the molecule is O=C(CNC(=O)c1ccccc1)NCc1nccnc1-c1ccco1. The van der Waals surface area contributed by atoms with E-state index in [0.29, 0.717) is 22.7 Å². The van der Waals surface area contributed by atoms with E-state index in [-0.39, 0.29) is 24.9 Å². The van der Waals surface area contributed by atoms with Crippen LogP contribution in [0.5, 0.6) is 0 Å². The minimum absolute atomic E-state index is 0.121. The van der Waals surface area contributed by atoms with Crippen molar-refractivity contribution in [2.24, 2.45) is 0 Å². The number of hydrogen-bond acceptors (Lipinski definition) is 5. The summed E-state index contributed by atoms with van der Waals surface area (Å²) < 4.78 is 5.32. The van der Waals surface area contributed by atoms with Gasteiger partial charge in [0.1, 0.15) is 5.69 Å². The Bertz CT molecular complexity index is 848. The van der Waals surface area contributed by atoms with E-state index in [1.54, 1.807) is 55.1 Å². The first kappa shape index (κ1) is 16.4. The third-order valence-electron chi connectivity index (χ3n) is 3.43. The van der Waals surface area contributed by atoms with Crippen molar-refractivity contribution in [3.8, 4) is 11.5 Å². The van der Waals surface area contributed by atoms with Gasteiger partial charge in [0.05, 0.1) is 25.0 Å². The highest BCUT2D eigenvalue weighted by Gasteiger charge is 2.12. The van der Waals surface area contributed by atoms with Crippen molar-refractivity contribution in [1.29, 1.82) is 0 Å².